The van der Waals surface area contributed by atoms with Gasteiger partial charge in [0, 0.05) is 15.8 Å². The maximum Gasteiger partial charge on any atom is 0.291 e. The number of rotatable bonds is 5. The predicted molar refractivity (Wildman–Crippen MR) is 132 cm³/mol. The maximum atomic E-state index is 12.6. The van der Waals surface area contributed by atoms with Gasteiger partial charge in [-0.05, 0) is 64.8 Å². The topological polar surface area (TPSA) is 83.7 Å². The Hall–Kier alpha value is -2.65. The summed E-state index contributed by atoms with van der Waals surface area (Å²) in [6.45, 7) is 1.74. The molecule has 0 saturated carbocycles. The van der Waals surface area contributed by atoms with Crippen molar-refractivity contribution in [1.82, 2.24) is 5.43 Å². The monoisotopic (exact) mass is 549 g/mol. The molecule has 0 aliphatic heterocycles. The van der Waals surface area contributed by atoms with Crippen molar-refractivity contribution in [2.75, 3.05) is 5.32 Å². The highest BCUT2D eigenvalue weighted by Gasteiger charge is 2.19. The SMILES string of the molecule is C/C(=N/NC(=O)c1sc2cccc(Cl)c2c1Cl)c1cccc(NC(=O)c2ccc(Br)o2)c1. The predicted octanol–water partition coefficient (Wildman–Crippen LogP) is 6.97. The molecule has 0 bridgehead atoms. The van der Waals surface area contributed by atoms with E-state index in [0.717, 1.165) is 4.70 Å². The van der Waals surface area contributed by atoms with E-state index in [4.69, 9.17) is 27.6 Å². The number of benzene rings is 2. The number of hydrazone groups is 1. The van der Waals surface area contributed by atoms with E-state index < -0.39 is 5.91 Å². The molecule has 4 aromatic rings. The molecule has 0 aliphatic carbocycles. The molecule has 32 heavy (non-hydrogen) atoms. The Balaban J connectivity index is 1.49. The first-order valence-corrected chi connectivity index (χ1v) is 11.6. The van der Waals surface area contributed by atoms with Gasteiger partial charge in [-0.15, -0.1) is 11.3 Å². The van der Waals surface area contributed by atoms with Crippen molar-refractivity contribution in [2.45, 2.75) is 6.92 Å². The van der Waals surface area contributed by atoms with Crippen LogP contribution in [0.1, 0.15) is 32.7 Å². The van der Waals surface area contributed by atoms with Crippen molar-refractivity contribution >= 4 is 83.8 Å². The summed E-state index contributed by atoms with van der Waals surface area (Å²) < 4.78 is 6.54. The van der Waals surface area contributed by atoms with E-state index in [1.165, 1.54) is 11.3 Å². The van der Waals surface area contributed by atoms with E-state index in [2.05, 4.69) is 31.8 Å². The summed E-state index contributed by atoms with van der Waals surface area (Å²) in [5.41, 5.74) is 4.35. The van der Waals surface area contributed by atoms with Crippen LogP contribution in [-0.2, 0) is 0 Å². The largest absolute Gasteiger partial charge is 0.444 e. The van der Waals surface area contributed by atoms with Crippen molar-refractivity contribution in [2.24, 2.45) is 5.10 Å². The Kier molecular flexibility index (Phi) is 6.66. The van der Waals surface area contributed by atoms with Crippen molar-refractivity contribution < 1.29 is 14.0 Å². The molecule has 2 aromatic carbocycles. The molecule has 6 nitrogen and oxygen atoms in total. The molecule has 162 valence electrons. The van der Waals surface area contributed by atoms with Gasteiger partial charge < -0.3 is 9.73 Å². The second-order valence-corrected chi connectivity index (χ2v) is 9.25. The summed E-state index contributed by atoms with van der Waals surface area (Å²) >= 11 is 17.0. The van der Waals surface area contributed by atoms with Crippen molar-refractivity contribution in [3.8, 4) is 0 Å². The number of thiophene rings is 1. The first kappa shape index (κ1) is 22.5. The third-order valence-corrected chi connectivity index (χ3v) is 6.86. The molecule has 2 aromatic heterocycles. The lowest BCUT2D eigenvalue weighted by Crippen LogP contribution is -2.18. The maximum absolute atomic E-state index is 12.6. The van der Waals surface area contributed by atoms with Gasteiger partial charge in [0.05, 0.1) is 15.8 Å². The summed E-state index contributed by atoms with van der Waals surface area (Å²) in [7, 11) is 0. The van der Waals surface area contributed by atoms with Crippen LogP contribution >= 0.6 is 50.5 Å². The van der Waals surface area contributed by atoms with Gasteiger partial charge in [-0.2, -0.15) is 5.10 Å². The van der Waals surface area contributed by atoms with Crippen LogP contribution in [0.15, 0.2) is 68.8 Å². The molecule has 0 aliphatic rings. The number of hydrogen-bond donors (Lipinski definition) is 2. The minimum Gasteiger partial charge on any atom is -0.444 e. The van der Waals surface area contributed by atoms with Crippen LogP contribution in [0.5, 0.6) is 0 Å². The van der Waals surface area contributed by atoms with Crippen molar-refractivity contribution in [1.29, 1.82) is 0 Å². The van der Waals surface area contributed by atoms with E-state index in [9.17, 15) is 9.59 Å². The van der Waals surface area contributed by atoms with Gasteiger partial charge >= 0.3 is 0 Å². The molecule has 0 atom stereocenters. The molecule has 0 saturated heterocycles. The molecule has 2 N–H and O–H groups in total. The molecule has 0 fully saturated rings. The van der Waals surface area contributed by atoms with E-state index >= 15 is 0 Å². The number of carbonyl (C=O) groups is 2. The van der Waals surface area contributed by atoms with Crippen LogP contribution in [-0.4, -0.2) is 17.5 Å². The average molecular weight is 551 g/mol. The molecule has 0 unspecified atom stereocenters. The molecule has 2 amide bonds. The first-order chi connectivity index (χ1) is 15.3. The summed E-state index contributed by atoms with van der Waals surface area (Å²) in [4.78, 5) is 25.3. The standard InChI is InChI=1S/C22H14BrCl2N3O3S/c1-11(12-4-2-5-13(10-12)26-21(29)15-8-9-17(23)31-15)27-28-22(30)20-19(25)18-14(24)6-3-7-16(18)32-20/h2-10H,1H3,(H,26,29)(H,28,30)/b27-11-. The van der Waals surface area contributed by atoms with Gasteiger partial charge in [0.15, 0.2) is 10.4 Å². The highest BCUT2D eigenvalue weighted by atomic mass is 79.9. The van der Waals surface area contributed by atoms with Crippen LogP contribution in [0, 0.1) is 0 Å². The van der Waals surface area contributed by atoms with Gasteiger partial charge in [-0.1, -0.05) is 41.4 Å². The zero-order valence-electron chi connectivity index (χ0n) is 16.4. The summed E-state index contributed by atoms with van der Waals surface area (Å²) in [6.07, 6.45) is 0. The average Bonchev–Trinajstić information content (AvgIpc) is 3.36. The quantitative estimate of drug-likeness (QED) is 0.208. The summed E-state index contributed by atoms with van der Waals surface area (Å²) in [6, 6.07) is 15.7. The molecule has 0 spiro atoms. The smallest absolute Gasteiger partial charge is 0.291 e. The van der Waals surface area contributed by atoms with Crippen LogP contribution < -0.4 is 10.7 Å². The molecule has 4 rings (SSSR count). The highest BCUT2D eigenvalue weighted by Crippen LogP contribution is 2.39. The Morgan fingerprint density at radius 3 is 2.56 bits per heavy atom. The molecule has 0 radical (unpaired) electrons. The van der Waals surface area contributed by atoms with Crippen LogP contribution in [0.2, 0.25) is 10.0 Å². The number of hydrogen-bond acceptors (Lipinski definition) is 5. The van der Waals surface area contributed by atoms with Crippen LogP contribution in [0.25, 0.3) is 10.1 Å². The van der Waals surface area contributed by atoms with E-state index in [1.54, 1.807) is 49.4 Å². The van der Waals surface area contributed by atoms with E-state index in [-0.39, 0.29) is 11.7 Å². The first-order valence-electron chi connectivity index (χ1n) is 9.21. The number of anilines is 1. The number of amides is 2. The zero-order chi connectivity index (χ0) is 22.8. The number of carbonyl (C=O) groups excluding carboxylic acids is 2. The number of nitrogens with zero attached hydrogens (tertiary/aromatic N) is 1. The lowest BCUT2D eigenvalue weighted by molar-refractivity contribution is 0.0957. The molecular weight excluding hydrogens is 537 g/mol. The number of furan rings is 1. The van der Waals surface area contributed by atoms with Gasteiger partial charge in [0.25, 0.3) is 11.8 Å². The normalized spacial score (nSPS) is 11.6. The lowest BCUT2D eigenvalue weighted by atomic mass is 10.1. The molecule has 10 heteroatoms. The minimum atomic E-state index is -0.431. The summed E-state index contributed by atoms with van der Waals surface area (Å²) in [5.74, 6) is -0.631. The summed E-state index contributed by atoms with van der Waals surface area (Å²) in [5, 5.41) is 8.38. The Morgan fingerprint density at radius 2 is 1.84 bits per heavy atom. The van der Waals surface area contributed by atoms with E-state index in [0.29, 0.717) is 41.9 Å². The van der Waals surface area contributed by atoms with Gasteiger partial charge in [-0.3, -0.25) is 9.59 Å². The van der Waals surface area contributed by atoms with Crippen molar-refractivity contribution in [3.05, 3.63) is 85.5 Å². The Bertz CT molecular complexity index is 1380. The fourth-order valence-corrected chi connectivity index (χ4v) is 5.07. The number of fused-ring (bicyclic) bond motifs is 1. The van der Waals surface area contributed by atoms with E-state index in [1.807, 2.05) is 12.1 Å². The minimum absolute atomic E-state index is 0.181. The highest BCUT2D eigenvalue weighted by molar-refractivity contribution is 9.10. The van der Waals surface area contributed by atoms with Crippen molar-refractivity contribution in [3.63, 3.8) is 0 Å². The molecular formula is C22H14BrCl2N3O3S. The van der Waals surface area contributed by atoms with Crippen LogP contribution in [0.3, 0.4) is 0 Å². The van der Waals surface area contributed by atoms with Gasteiger partial charge in [0.1, 0.15) is 4.88 Å². The zero-order valence-corrected chi connectivity index (χ0v) is 20.3. The number of halogens is 3. The fraction of sp³-hybridized carbons (Fsp3) is 0.0455. The number of nitrogens with one attached hydrogen (secondary N) is 2. The Labute approximate surface area is 205 Å². The Morgan fingerprint density at radius 1 is 1.06 bits per heavy atom. The molecule has 2 heterocycles. The lowest BCUT2D eigenvalue weighted by Gasteiger charge is -2.07. The van der Waals surface area contributed by atoms with Gasteiger partial charge in [0.2, 0.25) is 0 Å². The van der Waals surface area contributed by atoms with Crippen LogP contribution in [0.4, 0.5) is 5.69 Å². The third kappa shape index (κ3) is 4.73. The second-order valence-electron chi connectivity index (χ2n) is 6.63. The third-order valence-electron chi connectivity index (χ3n) is 4.47. The fourth-order valence-electron chi connectivity index (χ4n) is 2.92. The van der Waals surface area contributed by atoms with Gasteiger partial charge in [-0.25, -0.2) is 5.43 Å². The second kappa shape index (κ2) is 9.46.